The van der Waals surface area contributed by atoms with Crippen LogP contribution in [0.4, 0.5) is 13.2 Å². The number of hydrogen-bond donors (Lipinski definition) is 1. The fourth-order valence-corrected chi connectivity index (χ4v) is 2.07. The molecule has 1 N–H and O–H groups in total. The van der Waals surface area contributed by atoms with Gasteiger partial charge in [-0.25, -0.2) is 0 Å². The van der Waals surface area contributed by atoms with Gasteiger partial charge in [0, 0.05) is 12.4 Å². The molecule has 0 aliphatic carbocycles. The summed E-state index contributed by atoms with van der Waals surface area (Å²) in [5.74, 6) is -0.230. The number of benzene rings is 1. The maximum Gasteiger partial charge on any atom is 0.573 e. The van der Waals surface area contributed by atoms with Crippen molar-refractivity contribution in [2.75, 3.05) is 6.54 Å². The number of nitrogens with zero attached hydrogens (tertiary/aromatic N) is 1. The molecule has 6 heteroatoms. The molecule has 1 unspecified atom stereocenters. The van der Waals surface area contributed by atoms with Gasteiger partial charge in [0.1, 0.15) is 5.75 Å². The lowest BCUT2D eigenvalue weighted by Gasteiger charge is -2.19. The van der Waals surface area contributed by atoms with Crippen LogP contribution >= 0.6 is 0 Å². The Labute approximate surface area is 120 Å². The standard InChI is InChI=1S/C15H15F3N2O/c1-2-20-14(12-6-4-8-19-10-12)11-5-3-7-13(9-11)21-15(16,17)18/h3-10,14,20H,2H2,1H3. The SMILES string of the molecule is CCNC(c1cccnc1)c1cccc(OC(F)(F)F)c1. The highest BCUT2D eigenvalue weighted by Crippen LogP contribution is 2.28. The monoisotopic (exact) mass is 296 g/mol. The molecule has 0 bridgehead atoms. The van der Waals surface area contributed by atoms with Crippen molar-refractivity contribution in [3.05, 3.63) is 59.9 Å². The molecule has 0 aliphatic rings. The van der Waals surface area contributed by atoms with Crippen molar-refractivity contribution in [1.82, 2.24) is 10.3 Å². The number of nitrogens with one attached hydrogen (secondary N) is 1. The van der Waals surface area contributed by atoms with Gasteiger partial charge in [-0.15, -0.1) is 13.2 Å². The maximum absolute atomic E-state index is 12.3. The Balaban J connectivity index is 2.31. The third-order valence-electron chi connectivity index (χ3n) is 2.85. The largest absolute Gasteiger partial charge is 0.573 e. The first-order valence-electron chi connectivity index (χ1n) is 6.48. The molecular weight excluding hydrogens is 281 g/mol. The van der Waals surface area contributed by atoms with Crippen molar-refractivity contribution in [2.45, 2.75) is 19.3 Å². The number of hydrogen-bond acceptors (Lipinski definition) is 3. The Bertz CT molecular complexity index is 573. The van der Waals surface area contributed by atoms with Crippen LogP contribution in [0.2, 0.25) is 0 Å². The van der Waals surface area contributed by atoms with Crippen LogP contribution in [0.5, 0.6) is 5.75 Å². The van der Waals surface area contributed by atoms with E-state index in [9.17, 15) is 13.2 Å². The molecule has 1 heterocycles. The van der Waals surface area contributed by atoms with Crippen molar-refractivity contribution in [1.29, 1.82) is 0 Å². The van der Waals surface area contributed by atoms with Gasteiger partial charge in [-0.3, -0.25) is 4.98 Å². The van der Waals surface area contributed by atoms with Crippen molar-refractivity contribution in [3.8, 4) is 5.75 Å². The molecule has 2 aromatic rings. The molecule has 2 rings (SSSR count). The average molecular weight is 296 g/mol. The highest BCUT2D eigenvalue weighted by molar-refractivity contribution is 5.36. The Morgan fingerprint density at radius 2 is 1.95 bits per heavy atom. The smallest absolute Gasteiger partial charge is 0.406 e. The van der Waals surface area contributed by atoms with Gasteiger partial charge < -0.3 is 10.1 Å². The lowest BCUT2D eigenvalue weighted by molar-refractivity contribution is -0.274. The molecule has 1 aromatic carbocycles. The van der Waals surface area contributed by atoms with Gasteiger partial charge in [-0.05, 0) is 35.9 Å². The van der Waals surface area contributed by atoms with Gasteiger partial charge in [-0.2, -0.15) is 0 Å². The van der Waals surface area contributed by atoms with Gasteiger partial charge in [0.05, 0.1) is 6.04 Å². The van der Waals surface area contributed by atoms with Crippen LogP contribution < -0.4 is 10.1 Å². The lowest BCUT2D eigenvalue weighted by atomic mass is 10.00. The Morgan fingerprint density at radius 3 is 2.57 bits per heavy atom. The summed E-state index contributed by atoms with van der Waals surface area (Å²) in [4.78, 5) is 4.04. The van der Waals surface area contributed by atoms with Crippen LogP contribution in [0, 0.1) is 0 Å². The predicted molar refractivity (Wildman–Crippen MR) is 72.9 cm³/mol. The van der Waals surface area contributed by atoms with E-state index in [0.29, 0.717) is 12.1 Å². The minimum absolute atomic E-state index is 0.230. The highest BCUT2D eigenvalue weighted by Gasteiger charge is 2.31. The molecule has 21 heavy (non-hydrogen) atoms. The molecule has 1 atom stereocenters. The van der Waals surface area contributed by atoms with Crippen molar-refractivity contribution < 1.29 is 17.9 Å². The fraction of sp³-hybridized carbons (Fsp3) is 0.267. The fourth-order valence-electron chi connectivity index (χ4n) is 2.07. The van der Waals surface area contributed by atoms with Gasteiger partial charge >= 0.3 is 6.36 Å². The first-order chi connectivity index (χ1) is 9.99. The zero-order chi connectivity index (χ0) is 15.3. The zero-order valence-corrected chi connectivity index (χ0v) is 11.4. The number of aromatic nitrogens is 1. The minimum atomic E-state index is -4.69. The second-order valence-corrected chi connectivity index (χ2v) is 4.40. The molecule has 0 spiro atoms. The number of pyridine rings is 1. The summed E-state index contributed by atoms with van der Waals surface area (Å²) in [5.41, 5.74) is 1.56. The highest BCUT2D eigenvalue weighted by atomic mass is 19.4. The van der Waals surface area contributed by atoms with Crippen molar-refractivity contribution in [3.63, 3.8) is 0 Å². The van der Waals surface area contributed by atoms with Crippen LogP contribution in [0.3, 0.4) is 0 Å². The molecule has 112 valence electrons. The van der Waals surface area contributed by atoms with E-state index in [1.165, 1.54) is 18.2 Å². The van der Waals surface area contributed by atoms with E-state index < -0.39 is 6.36 Å². The van der Waals surface area contributed by atoms with Gasteiger partial charge in [-0.1, -0.05) is 25.1 Å². The van der Waals surface area contributed by atoms with Crippen LogP contribution in [0.15, 0.2) is 48.8 Å². The minimum Gasteiger partial charge on any atom is -0.406 e. The quantitative estimate of drug-likeness (QED) is 0.914. The van der Waals surface area contributed by atoms with E-state index >= 15 is 0 Å². The van der Waals surface area contributed by atoms with E-state index in [1.54, 1.807) is 24.5 Å². The summed E-state index contributed by atoms with van der Waals surface area (Å²) in [6.45, 7) is 2.60. The van der Waals surface area contributed by atoms with Crippen LogP contribution in [0.1, 0.15) is 24.1 Å². The average Bonchev–Trinajstić information content (AvgIpc) is 2.44. The van der Waals surface area contributed by atoms with Crippen LogP contribution in [-0.2, 0) is 0 Å². The topological polar surface area (TPSA) is 34.2 Å². The van der Waals surface area contributed by atoms with Gasteiger partial charge in [0.2, 0.25) is 0 Å². The summed E-state index contributed by atoms with van der Waals surface area (Å²) in [6, 6.07) is 9.38. The first kappa shape index (κ1) is 15.3. The molecule has 0 aliphatic heterocycles. The Hall–Kier alpha value is -2.08. The van der Waals surface area contributed by atoms with E-state index in [0.717, 1.165) is 5.56 Å². The Morgan fingerprint density at radius 1 is 1.19 bits per heavy atom. The van der Waals surface area contributed by atoms with E-state index in [2.05, 4.69) is 15.0 Å². The zero-order valence-electron chi connectivity index (χ0n) is 11.4. The number of halogens is 3. The van der Waals surface area contributed by atoms with Crippen molar-refractivity contribution in [2.24, 2.45) is 0 Å². The van der Waals surface area contributed by atoms with Gasteiger partial charge in [0.25, 0.3) is 0 Å². The lowest BCUT2D eigenvalue weighted by Crippen LogP contribution is -2.22. The van der Waals surface area contributed by atoms with Gasteiger partial charge in [0.15, 0.2) is 0 Å². The predicted octanol–water partition coefficient (Wildman–Crippen LogP) is 3.68. The molecule has 0 fully saturated rings. The second kappa shape index (κ2) is 6.58. The normalized spacial score (nSPS) is 13.0. The summed E-state index contributed by atoms with van der Waals surface area (Å²) >= 11 is 0. The molecule has 0 saturated heterocycles. The molecule has 0 amide bonds. The van der Waals surface area contributed by atoms with E-state index in [1.807, 2.05) is 13.0 Å². The molecule has 0 radical (unpaired) electrons. The maximum atomic E-state index is 12.3. The summed E-state index contributed by atoms with van der Waals surface area (Å²) in [7, 11) is 0. The molecule has 1 aromatic heterocycles. The van der Waals surface area contributed by atoms with E-state index in [-0.39, 0.29) is 11.8 Å². The number of alkyl halides is 3. The summed E-state index contributed by atoms with van der Waals surface area (Å²) in [6.07, 6.45) is -1.36. The summed E-state index contributed by atoms with van der Waals surface area (Å²) in [5, 5.41) is 3.23. The molecule has 3 nitrogen and oxygen atoms in total. The third-order valence-corrected chi connectivity index (χ3v) is 2.85. The second-order valence-electron chi connectivity index (χ2n) is 4.40. The van der Waals surface area contributed by atoms with E-state index in [4.69, 9.17) is 0 Å². The van der Waals surface area contributed by atoms with Crippen molar-refractivity contribution >= 4 is 0 Å². The summed E-state index contributed by atoms with van der Waals surface area (Å²) < 4.78 is 40.9. The Kier molecular flexibility index (Phi) is 4.80. The molecule has 0 saturated carbocycles. The third kappa shape index (κ3) is 4.46. The first-order valence-corrected chi connectivity index (χ1v) is 6.48. The van der Waals surface area contributed by atoms with Crippen LogP contribution in [-0.4, -0.2) is 17.9 Å². The number of rotatable bonds is 5. The number of ether oxygens (including phenoxy) is 1. The molecular formula is C15H15F3N2O. The van der Waals surface area contributed by atoms with Crippen LogP contribution in [0.25, 0.3) is 0 Å².